The molecule has 2 unspecified atom stereocenters. The first-order valence-electron chi connectivity index (χ1n) is 9.23. The lowest BCUT2D eigenvalue weighted by atomic mass is 9.94. The summed E-state index contributed by atoms with van der Waals surface area (Å²) in [4.78, 5) is 19.8. The quantitative estimate of drug-likeness (QED) is 0.819. The molecule has 3 heterocycles. The Kier molecular flexibility index (Phi) is 4.84. The Hall–Kier alpha value is -1.73. The number of carbonyl (C=O) groups is 1. The lowest BCUT2D eigenvalue weighted by molar-refractivity contribution is 0.0799. The normalized spacial score (nSPS) is 22.6. The lowest BCUT2D eigenvalue weighted by Gasteiger charge is -2.38. The first-order chi connectivity index (χ1) is 12.6. The molecule has 2 atom stereocenters. The van der Waals surface area contributed by atoms with Gasteiger partial charge in [0.1, 0.15) is 11.1 Å². The fraction of sp³-hybridized carbons (Fsp3) is 0.526. The van der Waals surface area contributed by atoms with Gasteiger partial charge in [-0.05, 0) is 49.5 Å². The standard InChI is InChI=1S/C19H23FN4OS/c1-3-15-21-19-24(22-15)18(25)17(26-19)16(13-5-4-6-14(20)11-13)23-9-7-12(2)8-10-23/h4-6,11-12,16-17H,3,7-10H2,1-2H3. The molecule has 0 saturated carbocycles. The molecule has 1 aromatic heterocycles. The number of hydrogen-bond donors (Lipinski definition) is 0. The fourth-order valence-electron chi connectivity index (χ4n) is 3.77. The van der Waals surface area contributed by atoms with Crippen molar-refractivity contribution >= 4 is 17.7 Å². The molecule has 5 nitrogen and oxygen atoms in total. The average molecular weight is 374 g/mol. The smallest absolute Gasteiger partial charge is 0.264 e. The third kappa shape index (κ3) is 3.18. The number of aryl methyl sites for hydroxylation is 1. The molecule has 0 spiro atoms. The summed E-state index contributed by atoms with van der Waals surface area (Å²) < 4.78 is 15.3. The monoisotopic (exact) mass is 374 g/mol. The van der Waals surface area contributed by atoms with Crippen LogP contribution >= 0.6 is 11.8 Å². The van der Waals surface area contributed by atoms with Crippen LogP contribution < -0.4 is 0 Å². The van der Waals surface area contributed by atoms with E-state index in [1.807, 2.05) is 13.0 Å². The number of aromatic nitrogens is 3. The minimum Gasteiger partial charge on any atom is -0.295 e. The number of likely N-dealkylation sites (tertiary alicyclic amines) is 1. The van der Waals surface area contributed by atoms with E-state index in [-0.39, 0.29) is 23.0 Å². The molecule has 1 saturated heterocycles. The summed E-state index contributed by atoms with van der Waals surface area (Å²) in [6.07, 6.45) is 2.90. The van der Waals surface area contributed by atoms with Crippen LogP contribution in [0, 0.1) is 11.7 Å². The van der Waals surface area contributed by atoms with E-state index in [0.29, 0.717) is 23.3 Å². The van der Waals surface area contributed by atoms with Crippen molar-refractivity contribution in [3.63, 3.8) is 0 Å². The Balaban J connectivity index is 1.67. The molecule has 4 rings (SSSR count). The van der Waals surface area contributed by atoms with Gasteiger partial charge in [-0.25, -0.2) is 9.37 Å². The second kappa shape index (κ2) is 7.12. The second-order valence-corrected chi connectivity index (χ2v) is 8.28. The molecule has 0 N–H and O–H groups in total. The molecular formula is C19H23FN4OS. The number of halogens is 1. The van der Waals surface area contributed by atoms with Gasteiger partial charge >= 0.3 is 0 Å². The van der Waals surface area contributed by atoms with Crippen LogP contribution in [0.4, 0.5) is 4.39 Å². The Labute approximate surface area is 157 Å². The average Bonchev–Trinajstić information content (AvgIpc) is 3.17. The van der Waals surface area contributed by atoms with E-state index < -0.39 is 0 Å². The first-order valence-corrected chi connectivity index (χ1v) is 10.1. The van der Waals surface area contributed by atoms with Crippen molar-refractivity contribution in [3.8, 4) is 0 Å². The molecule has 1 fully saturated rings. The van der Waals surface area contributed by atoms with Crippen molar-refractivity contribution in [1.29, 1.82) is 0 Å². The summed E-state index contributed by atoms with van der Waals surface area (Å²) in [5.41, 5.74) is 0.854. The van der Waals surface area contributed by atoms with Gasteiger partial charge in [0.05, 0.1) is 6.04 Å². The largest absolute Gasteiger partial charge is 0.295 e. The fourth-order valence-corrected chi connectivity index (χ4v) is 5.04. The summed E-state index contributed by atoms with van der Waals surface area (Å²) in [6.45, 7) is 6.07. The van der Waals surface area contributed by atoms with Crippen molar-refractivity contribution in [2.75, 3.05) is 13.1 Å². The van der Waals surface area contributed by atoms with Crippen LogP contribution in [0.5, 0.6) is 0 Å². The highest BCUT2D eigenvalue weighted by atomic mass is 32.2. The summed E-state index contributed by atoms with van der Waals surface area (Å²) in [7, 11) is 0. The first kappa shape index (κ1) is 17.7. The van der Waals surface area contributed by atoms with Gasteiger partial charge < -0.3 is 0 Å². The van der Waals surface area contributed by atoms with Gasteiger partial charge in [-0.1, -0.05) is 37.7 Å². The van der Waals surface area contributed by atoms with Gasteiger partial charge in [-0.15, -0.1) is 5.10 Å². The maximum atomic E-state index is 13.9. The Morgan fingerprint density at radius 3 is 2.77 bits per heavy atom. The lowest BCUT2D eigenvalue weighted by Crippen LogP contribution is -2.42. The molecular weight excluding hydrogens is 351 g/mol. The molecule has 0 aliphatic carbocycles. The number of piperidine rings is 1. The molecule has 2 aromatic rings. The predicted molar refractivity (Wildman–Crippen MR) is 98.8 cm³/mol. The molecule has 0 bridgehead atoms. The van der Waals surface area contributed by atoms with Gasteiger partial charge in [-0.3, -0.25) is 9.69 Å². The van der Waals surface area contributed by atoms with E-state index in [0.717, 1.165) is 31.5 Å². The highest BCUT2D eigenvalue weighted by Gasteiger charge is 2.43. The van der Waals surface area contributed by atoms with Crippen molar-refractivity contribution in [2.45, 2.75) is 49.6 Å². The van der Waals surface area contributed by atoms with Crippen LogP contribution in [-0.2, 0) is 6.42 Å². The van der Waals surface area contributed by atoms with Crippen molar-refractivity contribution in [3.05, 3.63) is 41.5 Å². The van der Waals surface area contributed by atoms with Gasteiger partial charge in [0.2, 0.25) is 0 Å². The number of rotatable bonds is 4. The van der Waals surface area contributed by atoms with E-state index in [1.54, 1.807) is 12.1 Å². The SMILES string of the molecule is CCc1nc2n(n1)C(=O)C(C(c1cccc(F)c1)N1CCC(C)CC1)S2. The van der Waals surface area contributed by atoms with Crippen LogP contribution in [-0.4, -0.2) is 43.9 Å². The molecule has 138 valence electrons. The summed E-state index contributed by atoms with van der Waals surface area (Å²) in [5, 5.41) is 4.65. The van der Waals surface area contributed by atoms with Crippen LogP contribution in [0.15, 0.2) is 29.4 Å². The predicted octanol–water partition coefficient (Wildman–Crippen LogP) is 3.57. The zero-order valence-electron chi connectivity index (χ0n) is 15.1. The Bertz CT molecular complexity index is 816. The molecule has 2 aliphatic rings. The van der Waals surface area contributed by atoms with Gasteiger partial charge in [0.15, 0.2) is 11.0 Å². The number of benzene rings is 1. The zero-order chi connectivity index (χ0) is 18.3. The summed E-state index contributed by atoms with van der Waals surface area (Å²) >= 11 is 1.46. The topological polar surface area (TPSA) is 51.0 Å². The van der Waals surface area contributed by atoms with Gasteiger partial charge in [-0.2, -0.15) is 4.68 Å². The second-order valence-electron chi connectivity index (χ2n) is 7.17. The Morgan fingerprint density at radius 2 is 2.12 bits per heavy atom. The van der Waals surface area contributed by atoms with Crippen molar-refractivity contribution in [1.82, 2.24) is 19.7 Å². The third-order valence-corrected chi connectivity index (χ3v) is 6.50. The minimum absolute atomic E-state index is 0.0508. The third-order valence-electron chi connectivity index (χ3n) is 5.31. The molecule has 1 aromatic carbocycles. The highest BCUT2D eigenvalue weighted by Crippen LogP contribution is 2.42. The summed E-state index contributed by atoms with van der Waals surface area (Å²) in [5.74, 6) is 1.06. The molecule has 0 amide bonds. The van der Waals surface area contributed by atoms with Crippen LogP contribution in [0.2, 0.25) is 0 Å². The number of thioether (sulfide) groups is 1. The van der Waals surface area contributed by atoms with Crippen LogP contribution in [0.3, 0.4) is 0 Å². The number of hydrogen-bond acceptors (Lipinski definition) is 5. The minimum atomic E-state index is -0.342. The Morgan fingerprint density at radius 1 is 1.35 bits per heavy atom. The van der Waals surface area contributed by atoms with E-state index in [4.69, 9.17) is 0 Å². The molecule has 7 heteroatoms. The maximum absolute atomic E-state index is 13.9. The summed E-state index contributed by atoms with van der Waals surface area (Å²) in [6, 6.07) is 6.49. The van der Waals surface area contributed by atoms with E-state index in [9.17, 15) is 9.18 Å². The van der Waals surface area contributed by atoms with Crippen molar-refractivity contribution in [2.24, 2.45) is 5.92 Å². The maximum Gasteiger partial charge on any atom is 0.264 e. The van der Waals surface area contributed by atoms with E-state index >= 15 is 0 Å². The van der Waals surface area contributed by atoms with Crippen molar-refractivity contribution < 1.29 is 9.18 Å². The molecule has 26 heavy (non-hydrogen) atoms. The van der Waals surface area contributed by atoms with E-state index in [1.165, 1.54) is 22.5 Å². The van der Waals surface area contributed by atoms with Gasteiger partial charge in [0.25, 0.3) is 5.91 Å². The number of carbonyl (C=O) groups excluding carboxylic acids is 1. The molecule has 0 radical (unpaired) electrons. The number of nitrogens with zero attached hydrogens (tertiary/aromatic N) is 4. The molecule has 2 aliphatic heterocycles. The number of fused-ring (bicyclic) bond motifs is 1. The van der Waals surface area contributed by atoms with E-state index in [2.05, 4.69) is 21.9 Å². The van der Waals surface area contributed by atoms with Crippen LogP contribution in [0.1, 0.15) is 48.9 Å². The van der Waals surface area contributed by atoms with Crippen LogP contribution in [0.25, 0.3) is 0 Å². The van der Waals surface area contributed by atoms with Gasteiger partial charge in [0, 0.05) is 6.42 Å². The zero-order valence-corrected chi connectivity index (χ0v) is 15.9. The highest BCUT2D eigenvalue weighted by molar-refractivity contribution is 8.00.